The molecule has 0 heterocycles. The number of benzene rings is 1. The molecular formula is C30H51NaO8S. The van der Waals surface area contributed by atoms with Crippen molar-refractivity contribution in [3.63, 3.8) is 0 Å². The molecule has 0 bridgehead atoms. The van der Waals surface area contributed by atoms with E-state index in [0.29, 0.717) is 6.10 Å². The fourth-order valence-corrected chi connectivity index (χ4v) is 5.62. The third-order valence-corrected chi connectivity index (χ3v) is 8.87. The number of ether oxygens (including phenoxy) is 1. The molecular weight excluding hydrogens is 543 g/mol. The van der Waals surface area contributed by atoms with Crippen LogP contribution in [0.1, 0.15) is 122 Å². The van der Waals surface area contributed by atoms with E-state index in [1.54, 1.807) is 0 Å². The zero-order chi connectivity index (χ0) is 30.1. The van der Waals surface area contributed by atoms with Gasteiger partial charge in [0.05, 0.1) is 6.42 Å². The molecule has 0 amide bonds. The van der Waals surface area contributed by atoms with Gasteiger partial charge in [-0.25, -0.2) is 0 Å². The molecule has 2 unspecified atom stereocenters. The minimum absolute atomic E-state index is 0.445. The summed E-state index contributed by atoms with van der Waals surface area (Å²) < 4.78 is 36.0. The Hall–Kier alpha value is -1.13. The van der Waals surface area contributed by atoms with Gasteiger partial charge in [-0.2, -0.15) is 8.42 Å². The Balaban J connectivity index is 0.00000106. The van der Waals surface area contributed by atoms with Gasteiger partial charge in [0.1, 0.15) is 0 Å². The Kier molecular flexibility index (Phi) is 24.8. The van der Waals surface area contributed by atoms with Crippen molar-refractivity contribution in [3.05, 3.63) is 30.3 Å². The maximum absolute atomic E-state index is 10.2. The van der Waals surface area contributed by atoms with Gasteiger partial charge in [-0.15, -0.1) is 0 Å². The first-order chi connectivity index (χ1) is 19.1. The van der Waals surface area contributed by atoms with Gasteiger partial charge in [-0.3, -0.25) is 14.1 Å². The van der Waals surface area contributed by atoms with Gasteiger partial charge < -0.3 is 10.2 Å². The van der Waals surface area contributed by atoms with Crippen LogP contribution < -0.4 is 4.74 Å². The zero-order valence-electron chi connectivity index (χ0n) is 24.8. The number of unbranched alkanes of at least 4 members (excludes halogenated alkanes) is 15. The molecule has 0 aromatic heterocycles. The van der Waals surface area contributed by atoms with E-state index in [2.05, 4.69) is 37.3 Å². The van der Waals surface area contributed by atoms with E-state index in [1.165, 1.54) is 141 Å². The van der Waals surface area contributed by atoms with Crippen molar-refractivity contribution in [2.75, 3.05) is 0 Å². The van der Waals surface area contributed by atoms with Crippen molar-refractivity contribution >= 4 is 50.0 Å². The van der Waals surface area contributed by atoms with Crippen LogP contribution in [-0.2, 0) is 19.7 Å². The number of hydrogen-bond donors (Lipinski definition) is 3. The van der Waals surface area contributed by atoms with Crippen LogP contribution in [0.25, 0.3) is 0 Å². The first kappa shape index (κ1) is 38.9. The van der Waals surface area contributed by atoms with Crippen molar-refractivity contribution in [2.45, 2.75) is 138 Å². The smallest absolute Gasteiger partial charge is 0.325 e. The van der Waals surface area contributed by atoms with Crippen molar-refractivity contribution < 1.29 is 37.5 Å². The summed E-state index contributed by atoms with van der Waals surface area (Å²) in [5.74, 6) is -2.46. The minimum Gasteiger partial charge on any atom is -0.481 e. The molecule has 0 saturated carbocycles. The van der Waals surface area contributed by atoms with E-state index in [-0.39, 0.29) is 0 Å². The van der Waals surface area contributed by atoms with E-state index in [9.17, 15) is 18.0 Å². The van der Waals surface area contributed by atoms with Gasteiger partial charge in [-0.1, -0.05) is 51.9 Å². The van der Waals surface area contributed by atoms with Crippen molar-refractivity contribution in [1.29, 1.82) is 0 Å². The molecule has 2 atom stereocenters. The Morgan fingerprint density at radius 2 is 1.20 bits per heavy atom. The van der Waals surface area contributed by atoms with Gasteiger partial charge >= 0.3 is 155 Å². The van der Waals surface area contributed by atoms with Gasteiger partial charge in [0, 0.05) is 0 Å². The second-order valence-electron chi connectivity index (χ2n) is 10.5. The molecule has 0 saturated heterocycles. The summed E-state index contributed by atoms with van der Waals surface area (Å²) in [6, 6.07) is 10.3. The quantitative estimate of drug-likeness (QED) is 0.0636. The predicted molar refractivity (Wildman–Crippen MR) is 161 cm³/mol. The maximum atomic E-state index is 10.2. The molecule has 40 heavy (non-hydrogen) atoms. The van der Waals surface area contributed by atoms with Gasteiger partial charge in [0.15, 0.2) is 5.25 Å². The monoisotopic (exact) mass is 594 g/mol. The van der Waals surface area contributed by atoms with E-state index in [0.717, 1.165) is 5.75 Å². The van der Waals surface area contributed by atoms with Crippen molar-refractivity contribution in [2.24, 2.45) is 0 Å². The first-order valence-corrected chi connectivity index (χ1v) is 18.2. The van der Waals surface area contributed by atoms with E-state index < -0.39 is 33.7 Å². The molecule has 1 aromatic rings. The Morgan fingerprint density at radius 1 is 0.775 bits per heavy atom. The van der Waals surface area contributed by atoms with Gasteiger partial charge in [0.2, 0.25) is 0 Å². The van der Waals surface area contributed by atoms with Crippen LogP contribution in [-0.4, -0.2) is 74.4 Å². The molecule has 1 aromatic carbocycles. The molecule has 8 nitrogen and oxygen atoms in total. The molecule has 0 aliphatic carbocycles. The average Bonchev–Trinajstić information content (AvgIpc) is 2.91. The maximum Gasteiger partial charge on any atom is 0.325 e. The van der Waals surface area contributed by atoms with Crippen LogP contribution in [0, 0.1) is 0 Å². The number of carboxylic acid groups (broad SMARTS) is 2. The van der Waals surface area contributed by atoms with E-state index in [1.807, 2.05) is 0 Å². The van der Waals surface area contributed by atoms with Crippen LogP contribution in [0.4, 0.5) is 0 Å². The summed E-state index contributed by atoms with van der Waals surface area (Å²) in [6.45, 7) is 2.30. The van der Waals surface area contributed by atoms with Gasteiger partial charge in [-0.05, 0) is 0 Å². The minimum atomic E-state index is -4.84. The largest absolute Gasteiger partial charge is 0.481 e. The Labute approximate surface area is 259 Å². The van der Waals surface area contributed by atoms with E-state index >= 15 is 0 Å². The second kappa shape index (κ2) is 25.6. The van der Waals surface area contributed by atoms with Crippen molar-refractivity contribution in [3.8, 4) is 5.75 Å². The topological polar surface area (TPSA) is 138 Å². The number of para-hydroxylation sites is 1. The molecule has 3 N–H and O–H groups in total. The second-order valence-corrected chi connectivity index (χ2v) is 12.9. The van der Waals surface area contributed by atoms with Gasteiger partial charge in [0.25, 0.3) is 10.1 Å². The molecule has 1 rings (SSSR count). The number of carbonyl (C=O) groups is 2. The Bertz CT molecular complexity index is 864. The third-order valence-electron chi connectivity index (χ3n) is 6.88. The van der Waals surface area contributed by atoms with Crippen LogP contribution in [0.2, 0.25) is 3.67 Å². The SMILES string of the molecule is CCCCCCCCCCCCCCCCCCC([CH2][Na])Oc1ccccc1.O=C(O)CC(C(=O)O)S(=O)(=O)O. The molecule has 10 heteroatoms. The summed E-state index contributed by atoms with van der Waals surface area (Å²) >= 11 is 1.23. The zero-order valence-corrected chi connectivity index (χ0v) is 27.6. The van der Waals surface area contributed by atoms with Crippen LogP contribution in [0.3, 0.4) is 0 Å². The van der Waals surface area contributed by atoms with Crippen LogP contribution in [0.15, 0.2) is 30.3 Å². The fourth-order valence-electron chi connectivity index (χ4n) is 4.44. The first-order valence-electron chi connectivity index (χ1n) is 15.2. The fraction of sp³-hybridized carbons (Fsp3) is 0.733. The standard InChI is InChI=1S/C26H45O.C4H6O7S.Na/c1-3-4-5-6-7-8-9-10-11-12-13-14-15-16-17-19-22-25(2)27-26-23-20-18-21-24-26;5-3(6)1-2(4(7)8)12(9,10)11;/h18,20-21,23-25H,2-17,19,22H2,1H3;2H,1H2,(H,5,6)(H,7,8)(H,9,10,11);. The number of aliphatic carboxylic acids is 2. The summed E-state index contributed by atoms with van der Waals surface area (Å²) in [7, 11) is -4.84. The average molecular weight is 595 g/mol. The predicted octanol–water partition coefficient (Wildman–Crippen LogP) is 7.47. The molecule has 0 radical (unpaired) electrons. The summed E-state index contributed by atoms with van der Waals surface area (Å²) in [5.41, 5.74) is 0. The number of rotatable bonds is 24. The van der Waals surface area contributed by atoms with Crippen molar-refractivity contribution in [1.82, 2.24) is 0 Å². The number of hydrogen-bond acceptors (Lipinski definition) is 5. The van der Waals surface area contributed by atoms with Crippen LogP contribution in [0.5, 0.6) is 5.75 Å². The number of carboxylic acids is 2. The molecule has 226 valence electrons. The summed E-state index contributed by atoms with van der Waals surface area (Å²) in [4.78, 5) is 20.0. The summed E-state index contributed by atoms with van der Waals surface area (Å²) in [6.07, 6.45) is 23.5. The van der Waals surface area contributed by atoms with Crippen LogP contribution >= 0.6 is 0 Å². The summed E-state index contributed by atoms with van der Waals surface area (Å²) in [5, 5.41) is 13.9. The molecule has 0 aliphatic rings. The normalized spacial score (nSPS) is 12.7. The molecule has 0 spiro atoms. The third kappa shape index (κ3) is 23.6. The molecule has 0 fully saturated rings. The Morgan fingerprint density at radius 3 is 1.52 bits per heavy atom. The molecule has 0 aliphatic heterocycles. The van der Waals surface area contributed by atoms with E-state index in [4.69, 9.17) is 19.5 Å².